The van der Waals surface area contributed by atoms with Crippen LogP contribution in [0.25, 0.3) is 0 Å². The van der Waals surface area contributed by atoms with Gasteiger partial charge < -0.3 is 44.6 Å². The highest BCUT2D eigenvalue weighted by Gasteiger charge is 2.64. The number of piperidine rings is 1. The van der Waals surface area contributed by atoms with Gasteiger partial charge in [-0.05, 0) is 38.1 Å². The van der Waals surface area contributed by atoms with Crippen LogP contribution in [0.3, 0.4) is 0 Å². The molecule has 3 heterocycles. The van der Waals surface area contributed by atoms with Crippen LogP contribution in [0.5, 0.6) is 11.5 Å². The van der Waals surface area contributed by atoms with Crippen molar-refractivity contribution in [2.45, 2.75) is 67.2 Å². The number of nitrogens with zero attached hydrogens (tertiary/aromatic N) is 1. The van der Waals surface area contributed by atoms with E-state index in [1.807, 2.05) is 6.07 Å². The Balaban J connectivity index is 1.41. The summed E-state index contributed by atoms with van der Waals surface area (Å²) in [4.78, 5) is 13.8. The Morgan fingerprint density at radius 1 is 1.15 bits per heavy atom. The van der Waals surface area contributed by atoms with Gasteiger partial charge in [-0.15, -0.1) is 0 Å². The SMILES string of the molecule is CN1CC[C@]23c4c5ccc(O[C@@H]6O[C@H](C(=O)O)[C@@H](O)[C@H](O)[C@H]6O)c4O[C@H]2[C@@H](O)C=C[C@H]3[C@@H]1C5. The summed E-state index contributed by atoms with van der Waals surface area (Å²) in [7, 11) is 2.12. The van der Waals surface area contributed by atoms with Crippen molar-refractivity contribution in [3.8, 4) is 11.5 Å². The van der Waals surface area contributed by atoms with E-state index in [9.17, 15) is 30.3 Å². The van der Waals surface area contributed by atoms with Crippen molar-refractivity contribution in [3.05, 3.63) is 35.4 Å². The van der Waals surface area contributed by atoms with Crippen LogP contribution < -0.4 is 9.47 Å². The highest BCUT2D eigenvalue weighted by atomic mass is 16.7. The Hall–Kier alpha value is -2.21. The summed E-state index contributed by atoms with van der Waals surface area (Å²) < 4.78 is 17.5. The molecule has 10 atom stereocenters. The number of likely N-dealkylation sites (N-methyl/N-ethyl adjacent to an activating group) is 1. The maximum absolute atomic E-state index is 11.4. The minimum Gasteiger partial charge on any atom is -0.482 e. The first-order valence-corrected chi connectivity index (χ1v) is 11.2. The van der Waals surface area contributed by atoms with Gasteiger partial charge in [0.2, 0.25) is 6.29 Å². The Kier molecular flexibility index (Phi) is 4.62. The first-order chi connectivity index (χ1) is 15.7. The molecule has 0 unspecified atom stereocenters. The number of aliphatic carboxylic acids is 1. The lowest BCUT2D eigenvalue weighted by Crippen LogP contribution is -2.64. The molecular weight excluding hydrogens is 434 g/mol. The molecule has 2 saturated heterocycles. The second kappa shape index (κ2) is 7.14. The fourth-order valence-electron chi connectivity index (χ4n) is 6.60. The molecule has 0 saturated carbocycles. The topological polar surface area (TPSA) is 149 Å². The van der Waals surface area contributed by atoms with Crippen LogP contribution in [0.15, 0.2) is 24.3 Å². The minimum absolute atomic E-state index is 0.165. The molecule has 2 fully saturated rings. The van der Waals surface area contributed by atoms with Crippen LogP contribution in [-0.2, 0) is 21.4 Å². The van der Waals surface area contributed by atoms with Crippen molar-refractivity contribution >= 4 is 5.97 Å². The van der Waals surface area contributed by atoms with Gasteiger partial charge in [0.1, 0.15) is 30.5 Å². The van der Waals surface area contributed by atoms with Crippen molar-refractivity contribution < 1.29 is 44.5 Å². The minimum atomic E-state index is -1.80. The molecule has 0 amide bonds. The van der Waals surface area contributed by atoms with E-state index in [0.29, 0.717) is 5.75 Å². The number of aliphatic hydroxyl groups is 4. The van der Waals surface area contributed by atoms with Crippen molar-refractivity contribution in [1.29, 1.82) is 0 Å². The number of hydrogen-bond acceptors (Lipinski definition) is 9. The van der Waals surface area contributed by atoms with Gasteiger partial charge in [-0.2, -0.15) is 0 Å². The van der Waals surface area contributed by atoms with E-state index in [4.69, 9.17) is 14.2 Å². The Bertz CT molecular complexity index is 1030. The number of benzene rings is 1. The standard InChI is InChI=1S/C23H27NO9/c1-24-7-6-23-10-3-4-12(25)20(23)32-18-13(5-2-9(14(18)23)8-11(10)24)31-22-17(28)15(26)16(27)19(33-22)21(29)30/h2-5,10-12,15-17,19-20,22,25-28H,6-8H2,1H3,(H,29,30)/t10-,11-,12-,15-,16-,17+,19-,20-,22+,23-/m0/s1. The fourth-order valence-corrected chi connectivity index (χ4v) is 6.60. The number of aliphatic hydroxyl groups excluding tert-OH is 4. The van der Waals surface area contributed by atoms with Gasteiger partial charge in [-0.25, -0.2) is 4.79 Å². The van der Waals surface area contributed by atoms with Crippen LogP contribution >= 0.6 is 0 Å². The van der Waals surface area contributed by atoms with Gasteiger partial charge >= 0.3 is 5.97 Å². The molecule has 2 aliphatic carbocycles. The van der Waals surface area contributed by atoms with E-state index in [0.717, 1.165) is 30.5 Å². The molecule has 2 bridgehead atoms. The lowest BCUT2D eigenvalue weighted by Gasteiger charge is -2.56. The third-order valence-electron chi connectivity index (χ3n) is 8.19. The van der Waals surface area contributed by atoms with E-state index in [1.54, 1.807) is 12.1 Å². The first-order valence-electron chi connectivity index (χ1n) is 11.2. The average Bonchev–Trinajstić information content (AvgIpc) is 3.14. The molecule has 1 aromatic carbocycles. The van der Waals surface area contributed by atoms with Crippen molar-refractivity contribution in [3.63, 3.8) is 0 Å². The summed E-state index contributed by atoms with van der Waals surface area (Å²) in [6.07, 6.45) is -4.29. The molecule has 5 N–H and O–H groups in total. The van der Waals surface area contributed by atoms with Gasteiger partial charge in [0.15, 0.2) is 17.6 Å². The molecule has 33 heavy (non-hydrogen) atoms. The predicted molar refractivity (Wildman–Crippen MR) is 111 cm³/mol. The van der Waals surface area contributed by atoms with Crippen LogP contribution in [0.1, 0.15) is 17.5 Å². The zero-order chi connectivity index (χ0) is 23.2. The van der Waals surface area contributed by atoms with E-state index in [1.165, 1.54) is 0 Å². The van der Waals surface area contributed by atoms with Gasteiger partial charge in [0.05, 0.1) is 0 Å². The monoisotopic (exact) mass is 461 g/mol. The number of carboxylic acid groups (broad SMARTS) is 1. The van der Waals surface area contributed by atoms with Crippen LogP contribution in [0.2, 0.25) is 0 Å². The van der Waals surface area contributed by atoms with Crippen molar-refractivity contribution in [1.82, 2.24) is 4.90 Å². The predicted octanol–water partition coefficient (Wildman–Crippen LogP) is -1.24. The molecule has 1 spiro atoms. The molecule has 3 aliphatic heterocycles. The van der Waals surface area contributed by atoms with Gasteiger partial charge in [0.25, 0.3) is 0 Å². The largest absolute Gasteiger partial charge is 0.482 e. The van der Waals surface area contributed by atoms with Crippen LogP contribution in [0.4, 0.5) is 0 Å². The van der Waals surface area contributed by atoms with Crippen molar-refractivity contribution in [2.24, 2.45) is 5.92 Å². The molecule has 0 radical (unpaired) electrons. The van der Waals surface area contributed by atoms with E-state index in [2.05, 4.69) is 18.0 Å². The second-order valence-corrected chi connectivity index (χ2v) is 9.76. The molecule has 0 aromatic heterocycles. The van der Waals surface area contributed by atoms with Crippen LogP contribution in [0, 0.1) is 5.92 Å². The Morgan fingerprint density at radius 2 is 1.94 bits per heavy atom. The molecule has 1 aromatic rings. The summed E-state index contributed by atoms with van der Waals surface area (Å²) in [6.45, 7) is 0.861. The quantitative estimate of drug-likeness (QED) is 0.346. The Labute approximate surface area is 189 Å². The van der Waals surface area contributed by atoms with E-state index >= 15 is 0 Å². The fraction of sp³-hybridized carbons (Fsp3) is 0.609. The maximum atomic E-state index is 11.4. The van der Waals surface area contributed by atoms with Crippen LogP contribution in [-0.4, -0.2) is 98.9 Å². The number of likely N-dealkylation sites (tertiary alicyclic amines) is 1. The summed E-state index contributed by atoms with van der Waals surface area (Å²) in [5.74, 6) is -0.625. The summed E-state index contributed by atoms with van der Waals surface area (Å²) in [5.41, 5.74) is 1.70. The number of rotatable bonds is 3. The normalized spacial score (nSPS) is 45.3. The lowest BCUT2D eigenvalue weighted by molar-refractivity contribution is -0.271. The number of hydrogen-bond donors (Lipinski definition) is 5. The van der Waals surface area contributed by atoms with E-state index < -0.39 is 54.3 Å². The second-order valence-electron chi connectivity index (χ2n) is 9.76. The molecule has 178 valence electrons. The number of carboxylic acids is 1. The van der Waals surface area contributed by atoms with Gasteiger partial charge in [-0.1, -0.05) is 18.2 Å². The molecular formula is C23H27NO9. The molecule has 10 heteroatoms. The van der Waals surface area contributed by atoms with E-state index in [-0.39, 0.29) is 17.7 Å². The summed E-state index contributed by atoms with van der Waals surface area (Å²) in [5, 5.41) is 50.6. The van der Waals surface area contributed by atoms with Crippen molar-refractivity contribution in [2.75, 3.05) is 13.6 Å². The van der Waals surface area contributed by atoms with Gasteiger partial charge in [0, 0.05) is 22.9 Å². The molecule has 10 nitrogen and oxygen atoms in total. The zero-order valence-electron chi connectivity index (χ0n) is 17.9. The third-order valence-corrected chi connectivity index (χ3v) is 8.19. The highest BCUT2D eigenvalue weighted by Crippen LogP contribution is 2.62. The van der Waals surface area contributed by atoms with Gasteiger partial charge in [-0.3, -0.25) is 0 Å². The number of ether oxygens (including phenoxy) is 3. The smallest absolute Gasteiger partial charge is 0.335 e. The molecule has 6 rings (SSSR count). The zero-order valence-corrected chi connectivity index (χ0v) is 17.9. The average molecular weight is 461 g/mol. The summed E-state index contributed by atoms with van der Waals surface area (Å²) in [6, 6.07) is 3.90. The maximum Gasteiger partial charge on any atom is 0.335 e. The third kappa shape index (κ3) is 2.73. The molecule has 5 aliphatic rings. The Morgan fingerprint density at radius 3 is 2.70 bits per heavy atom. The lowest BCUT2D eigenvalue weighted by atomic mass is 9.53. The first kappa shape index (κ1) is 21.3. The summed E-state index contributed by atoms with van der Waals surface area (Å²) >= 11 is 0. The number of carbonyl (C=O) groups is 1. The highest BCUT2D eigenvalue weighted by molar-refractivity contribution is 5.73.